The van der Waals surface area contributed by atoms with E-state index in [1.807, 2.05) is 66.9 Å². The predicted octanol–water partition coefficient (Wildman–Crippen LogP) is 6.97. The van der Waals surface area contributed by atoms with Gasteiger partial charge >= 0.3 is 0 Å². The number of carbonyl (C=O) groups excluding carboxylic acids is 2. The number of H-pyrrole nitrogens is 1. The smallest absolute Gasteiger partial charge is 0.254 e. The van der Waals surface area contributed by atoms with Crippen molar-refractivity contribution in [2.75, 3.05) is 19.6 Å². The van der Waals surface area contributed by atoms with Gasteiger partial charge in [-0.2, -0.15) is 0 Å². The maximum absolute atomic E-state index is 13.8. The van der Waals surface area contributed by atoms with Crippen molar-refractivity contribution in [2.45, 2.75) is 32.7 Å². The SMILES string of the molecule is CCCCN(CC(=O)N(CCc1c[nH]c2ccccc12)Cc1ccc(F)cc1)C(=O)c1ccc2ccccc2c1. The maximum Gasteiger partial charge on any atom is 0.254 e. The van der Waals surface area contributed by atoms with Crippen molar-refractivity contribution in [1.29, 1.82) is 0 Å². The Morgan fingerprint density at radius 3 is 2.38 bits per heavy atom. The van der Waals surface area contributed by atoms with Crippen LogP contribution in [0.4, 0.5) is 4.39 Å². The number of hydrogen-bond acceptors (Lipinski definition) is 2. The first-order chi connectivity index (χ1) is 19.5. The Morgan fingerprint density at radius 2 is 1.57 bits per heavy atom. The molecular weight excluding hydrogens is 501 g/mol. The van der Waals surface area contributed by atoms with Gasteiger partial charge in [-0.15, -0.1) is 0 Å². The minimum atomic E-state index is -0.313. The van der Waals surface area contributed by atoms with Crippen molar-refractivity contribution < 1.29 is 14.0 Å². The Kier molecular flexibility index (Phi) is 8.55. The third kappa shape index (κ3) is 6.40. The molecule has 1 heterocycles. The molecule has 0 aliphatic carbocycles. The molecule has 0 fully saturated rings. The molecule has 0 saturated heterocycles. The highest BCUT2D eigenvalue weighted by Crippen LogP contribution is 2.20. The molecule has 0 aliphatic heterocycles. The van der Waals surface area contributed by atoms with Gasteiger partial charge in [0.05, 0.1) is 0 Å². The van der Waals surface area contributed by atoms with Crippen LogP contribution in [0.1, 0.15) is 41.3 Å². The first-order valence-electron chi connectivity index (χ1n) is 13.9. The molecule has 6 heteroatoms. The van der Waals surface area contributed by atoms with Crippen molar-refractivity contribution in [2.24, 2.45) is 0 Å². The number of nitrogens with one attached hydrogen (secondary N) is 1. The molecule has 0 aliphatic rings. The molecule has 0 unspecified atom stereocenters. The summed E-state index contributed by atoms with van der Waals surface area (Å²) in [6.45, 7) is 3.38. The summed E-state index contributed by atoms with van der Waals surface area (Å²) in [7, 11) is 0. The second-order valence-electron chi connectivity index (χ2n) is 10.2. The van der Waals surface area contributed by atoms with E-state index < -0.39 is 0 Å². The number of carbonyl (C=O) groups is 2. The average molecular weight is 536 g/mol. The highest BCUT2D eigenvalue weighted by Gasteiger charge is 2.23. The molecule has 0 spiro atoms. The van der Waals surface area contributed by atoms with E-state index in [0.29, 0.717) is 31.6 Å². The second kappa shape index (κ2) is 12.6. The van der Waals surface area contributed by atoms with Crippen LogP contribution in [0.5, 0.6) is 0 Å². The quantitative estimate of drug-likeness (QED) is 0.199. The summed E-state index contributed by atoms with van der Waals surface area (Å²) in [5.41, 5.74) is 3.60. The van der Waals surface area contributed by atoms with Crippen LogP contribution in [0.3, 0.4) is 0 Å². The molecule has 5 aromatic rings. The van der Waals surface area contributed by atoms with Gasteiger partial charge in [-0.3, -0.25) is 9.59 Å². The lowest BCUT2D eigenvalue weighted by atomic mass is 10.1. The number of aromatic nitrogens is 1. The first kappa shape index (κ1) is 27.1. The van der Waals surface area contributed by atoms with Gasteiger partial charge in [-0.1, -0.05) is 74.0 Å². The van der Waals surface area contributed by atoms with Crippen LogP contribution >= 0.6 is 0 Å². The summed E-state index contributed by atoms with van der Waals surface area (Å²) in [6, 6.07) is 27.9. The van der Waals surface area contributed by atoms with Crippen molar-refractivity contribution in [3.8, 4) is 0 Å². The van der Waals surface area contributed by atoms with Gasteiger partial charge in [-0.05, 0) is 65.1 Å². The third-order valence-electron chi connectivity index (χ3n) is 7.36. The molecule has 5 nitrogen and oxygen atoms in total. The Morgan fingerprint density at radius 1 is 0.825 bits per heavy atom. The largest absolute Gasteiger partial charge is 0.361 e. The number of fused-ring (bicyclic) bond motifs is 2. The van der Waals surface area contributed by atoms with Crippen molar-refractivity contribution in [3.05, 3.63) is 120 Å². The van der Waals surface area contributed by atoms with Crippen LogP contribution in [-0.4, -0.2) is 46.2 Å². The zero-order valence-electron chi connectivity index (χ0n) is 22.8. The lowest BCUT2D eigenvalue weighted by Crippen LogP contribution is -2.43. The fraction of sp³-hybridized carbons (Fsp3) is 0.235. The van der Waals surface area contributed by atoms with Crippen LogP contribution < -0.4 is 0 Å². The Bertz CT molecular complexity index is 1610. The number of aromatic amines is 1. The molecule has 2 amide bonds. The summed E-state index contributed by atoms with van der Waals surface area (Å²) >= 11 is 0. The molecule has 1 N–H and O–H groups in total. The van der Waals surface area contributed by atoms with E-state index in [9.17, 15) is 14.0 Å². The zero-order valence-corrected chi connectivity index (χ0v) is 22.8. The van der Waals surface area contributed by atoms with Gasteiger partial charge in [-0.25, -0.2) is 4.39 Å². The lowest BCUT2D eigenvalue weighted by Gasteiger charge is -2.28. The van der Waals surface area contributed by atoms with Crippen LogP contribution in [0.15, 0.2) is 97.2 Å². The minimum absolute atomic E-state index is 0.0132. The molecule has 5 rings (SSSR count). The number of amides is 2. The van der Waals surface area contributed by atoms with Crippen molar-refractivity contribution >= 4 is 33.5 Å². The summed E-state index contributed by atoms with van der Waals surface area (Å²) in [4.78, 5) is 34.2. The lowest BCUT2D eigenvalue weighted by molar-refractivity contribution is -0.132. The zero-order chi connectivity index (χ0) is 27.9. The third-order valence-corrected chi connectivity index (χ3v) is 7.36. The number of unbranched alkanes of at least 4 members (excludes halogenated alkanes) is 1. The highest BCUT2D eigenvalue weighted by molar-refractivity contribution is 6.00. The molecule has 0 radical (unpaired) electrons. The normalized spacial score (nSPS) is 11.2. The molecule has 1 aromatic heterocycles. The second-order valence-corrected chi connectivity index (χ2v) is 10.2. The Labute approximate surface area is 234 Å². The number of halogens is 1. The van der Waals surface area contributed by atoms with Gasteiger partial charge in [0.25, 0.3) is 5.91 Å². The van der Waals surface area contributed by atoms with Gasteiger partial charge in [0, 0.05) is 42.3 Å². The van der Waals surface area contributed by atoms with Gasteiger partial charge in [0.1, 0.15) is 12.4 Å². The molecule has 0 bridgehead atoms. The topological polar surface area (TPSA) is 56.4 Å². The fourth-order valence-corrected chi connectivity index (χ4v) is 5.07. The monoisotopic (exact) mass is 535 g/mol. The van der Waals surface area contributed by atoms with Crippen LogP contribution in [0.2, 0.25) is 0 Å². The van der Waals surface area contributed by atoms with E-state index in [-0.39, 0.29) is 24.2 Å². The molecule has 204 valence electrons. The number of benzene rings is 4. The van der Waals surface area contributed by atoms with Crippen molar-refractivity contribution in [3.63, 3.8) is 0 Å². The van der Waals surface area contributed by atoms with E-state index in [1.165, 1.54) is 12.1 Å². The number of hydrogen-bond donors (Lipinski definition) is 1. The predicted molar refractivity (Wildman–Crippen MR) is 159 cm³/mol. The molecule has 0 saturated carbocycles. The molecular formula is C34H34FN3O2. The summed E-state index contributed by atoms with van der Waals surface area (Å²) < 4.78 is 13.6. The van der Waals surface area contributed by atoms with E-state index in [0.717, 1.165) is 45.6 Å². The molecule has 4 aromatic carbocycles. The Hall–Kier alpha value is -4.45. The van der Waals surface area contributed by atoms with Gasteiger partial charge < -0.3 is 14.8 Å². The van der Waals surface area contributed by atoms with E-state index in [4.69, 9.17) is 0 Å². The van der Waals surface area contributed by atoms with Crippen LogP contribution in [0, 0.1) is 5.82 Å². The maximum atomic E-state index is 13.8. The van der Waals surface area contributed by atoms with Gasteiger partial charge in [0.15, 0.2) is 0 Å². The van der Waals surface area contributed by atoms with Crippen LogP contribution in [-0.2, 0) is 17.8 Å². The number of nitrogens with zero attached hydrogens (tertiary/aromatic N) is 2. The van der Waals surface area contributed by atoms with Gasteiger partial charge in [0.2, 0.25) is 5.91 Å². The summed E-state index contributed by atoms with van der Waals surface area (Å²) in [6.07, 6.45) is 4.36. The van der Waals surface area contributed by atoms with E-state index in [2.05, 4.69) is 18.0 Å². The highest BCUT2D eigenvalue weighted by atomic mass is 19.1. The number of rotatable bonds is 11. The standard InChI is InChI=1S/C34H34FN3O2/c1-2-3-19-38(34(40)28-15-14-26-8-4-5-9-27(26)21-28)24-33(39)37(23-25-12-16-30(35)17-13-25)20-18-29-22-36-32-11-7-6-10-31(29)32/h4-17,21-22,36H,2-3,18-20,23-24H2,1H3. The average Bonchev–Trinajstić information content (AvgIpc) is 3.40. The van der Waals surface area contributed by atoms with Crippen molar-refractivity contribution in [1.82, 2.24) is 14.8 Å². The fourth-order valence-electron chi connectivity index (χ4n) is 5.07. The van der Waals surface area contributed by atoms with Crippen LogP contribution in [0.25, 0.3) is 21.7 Å². The van der Waals surface area contributed by atoms with E-state index >= 15 is 0 Å². The molecule has 0 atom stereocenters. The number of para-hydroxylation sites is 1. The minimum Gasteiger partial charge on any atom is -0.361 e. The first-order valence-corrected chi connectivity index (χ1v) is 13.9. The Balaban J connectivity index is 1.37. The summed E-state index contributed by atoms with van der Waals surface area (Å²) in [5, 5.41) is 3.19. The summed E-state index contributed by atoms with van der Waals surface area (Å²) in [5.74, 6) is -0.590. The molecule has 40 heavy (non-hydrogen) atoms. The van der Waals surface area contributed by atoms with E-state index in [1.54, 1.807) is 21.9 Å².